The second-order valence-corrected chi connectivity index (χ2v) is 8.57. The second-order valence-electron chi connectivity index (χ2n) is 7.31. The summed E-state index contributed by atoms with van der Waals surface area (Å²) in [4.78, 5) is 19.9. The molecule has 1 saturated carbocycles. The van der Waals surface area contributed by atoms with Crippen LogP contribution in [0.25, 0.3) is 0 Å². The Morgan fingerprint density at radius 1 is 1.23 bits per heavy atom. The molecule has 0 radical (unpaired) electrons. The molecule has 2 atom stereocenters. The number of nitrogens with one attached hydrogen (secondary N) is 2. The van der Waals surface area contributed by atoms with Crippen molar-refractivity contribution in [1.82, 2.24) is 4.98 Å². The average Bonchev–Trinajstić information content (AvgIpc) is 3.42. The topological polar surface area (TPSA) is 57.2 Å². The van der Waals surface area contributed by atoms with Crippen LogP contribution in [0.1, 0.15) is 40.8 Å². The molecule has 0 amide bonds. The van der Waals surface area contributed by atoms with Crippen LogP contribution in [0.5, 0.6) is 0 Å². The molecule has 162 valence electrons. The number of aromatic amines is 1. The SMILES string of the molecule is C=C.CC(=NC1C[C@H]1c1ccc(F)c(F)c1)c1cc(C)sc1NCc1ccc(=O)[nH]c1. The van der Waals surface area contributed by atoms with E-state index in [2.05, 4.69) is 29.5 Å². The smallest absolute Gasteiger partial charge is 0.247 e. The number of benzene rings is 1. The molecular weight excluding hydrogens is 416 g/mol. The first kappa shape index (κ1) is 22.6. The molecule has 2 N–H and O–H groups in total. The van der Waals surface area contributed by atoms with Crippen molar-refractivity contribution in [2.45, 2.75) is 38.8 Å². The quantitative estimate of drug-likeness (QED) is 0.375. The van der Waals surface area contributed by atoms with E-state index in [4.69, 9.17) is 4.99 Å². The van der Waals surface area contributed by atoms with Crippen LogP contribution in [-0.4, -0.2) is 16.7 Å². The Hall–Kier alpha value is -3.06. The van der Waals surface area contributed by atoms with Gasteiger partial charge in [-0.15, -0.1) is 24.5 Å². The van der Waals surface area contributed by atoms with Crippen molar-refractivity contribution >= 4 is 22.0 Å². The molecule has 4 nitrogen and oxygen atoms in total. The van der Waals surface area contributed by atoms with Gasteiger partial charge in [0, 0.05) is 40.9 Å². The standard InChI is InChI=1S/C22H21F2N3OS.C2H4/c1-12-7-16(22(29-12)26-11-14-3-6-21(28)25-10-14)13(2)27-20-9-17(20)15-4-5-18(23)19(24)8-15;1-2/h3-8,10,17,20,26H,9,11H2,1-2H3,(H,25,28);1-2H2/t17-,20?;/m0./s1. The molecule has 1 aromatic carbocycles. The zero-order chi connectivity index (χ0) is 22.5. The Labute approximate surface area is 184 Å². The van der Waals surface area contributed by atoms with E-state index in [1.807, 2.05) is 13.8 Å². The number of hydrogen-bond donors (Lipinski definition) is 2. The summed E-state index contributed by atoms with van der Waals surface area (Å²) in [6, 6.07) is 9.59. The van der Waals surface area contributed by atoms with Crippen molar-refractivity contribution in [3.8, 4) is 0 Å². The number of hydrogen-bond acceptors (Lipinski definition) is 4. The van der Waals surface area contributed by atoms with E-state index in [0.717, 1.165) is 33.8 Å². The highest BCUT2D eigenvalue weighted by molar-refractivity contribution is 7.16. The van der Waals surface area contributed by atoms with Gasteiger partial charge in [-0.2, -0.15) is 0 Å². The van der Waals surface area contributed by atoms with Crippen LogP contribution in [0.15, 0.2) is 65.5 Å². The zero-order valence-electron chi connectivity index (χ0n) is 17.5. The van der Waals surface area contributed by atoms with E-state index in [1.165, 1.54) is 23.1 Å². The lowest BCUT2D eigenvalue weighted by molar-refractivity contribution is 0.507. The maximum atomic E-state index is 13.5. The van der Waals surface area contributed by atoms with E-state index >= 15 is 0 Å². The number of aromatic nitrogens is 1. The van der Waals surface area contributed by atoms with Gasteiger partial charge in [0.25, 0.3) is 0 Å². The molecule has 1 aliphatic rings. The maximum absolute atomic E-state index is 13.5. The number of anilines is 1. The van der Waals surface area contributed by atoms with E-state index in [0.29, 0.717) is 6.54 Å². The summed E-state index contributed by atoms with van der Waals surface area (Å²) in [5.41, 5.74) is 3.63. The van der Waals surface area contributed by atoms with Crippen molar-refractivity contribution in [3.63, 3.8) is 0 Å². The third-order valence-corrected chi connectivity index (χ3v) is 6.04. The van der Waals surface area contributed by atoms with Crippen molar-refractivity contribution < 1.29 is 8.78 Å². The van der Waals surface area contributed by atoms with Gasteiger partial charge in [-0.1, -0.05) is 12.1 Å². The summed E-state index contributed by atoms with van der Waals surface area (Å²) < 4.78 is 26.6. The summed E-state index contributed by atoms with van der Waals surface area (Å²) in [5, 5.41) is 4.45. The molecule has 2 aromatic heterocycles. The van der Waals surface area contributed by atoms with Gasteiger partial charge in [0.05, 0.1) is 11.0 Å². The Morgan fingerprint density at radius 3 is 2.68 bits per heavy atom. The lowest BCUT2D eigenvalue weighted by Gasteiger charge is -2.08. The number of halogens is 2. The monoisotopic (exact) mass is 441 g/mol. The predicted molar refractivity (Wildman–Crippen MR) is 124 cm³/mol. The minimum atomic E-state index is -0.822. The summed E-state index contributed by atoms with van der Waals surface area (Å²) in [6.45, 7) is 10.6. The molecule has 0 aliphatic heterocycles. The summed E-state index contributed by atoms with van der Waals surface area (Å²) in [6.07, 6.45) is 2.54. The van der Waals surface area contributed by atoms with Crippen molar-refractivity contribution in [3.05, 3.63) is 99.3 Å². The van der Waals surface area contributed by atoms with E-state index in [1.54, 1.807) is 29.7 Å². The number of pyridine rings is 1. The lowest BCUT2D eigenvalue weighted by atomic mass is 10.1. The van der Waals surface area contributed by atoms with Gasteiger partial charge in [0.15, 0.2) is 11.6 Å². The van der Waals surface area contributed by atoms with Crippen LogP contribution in [0.2, 0.25) is 0 Å². The highest BCUT2D eigenvalue weighted by Gasteiger charge is 2.38. The molecule has 1 fully saturated rings. The first-order valence-electron chi connectivity index (χ1n) is 9.92. The van der Waals surface area contributed by atoms with Gasteiger partial charge in [-0.05, 0) is 49.6 Å². The largest absolute Gasteiger partial charge is 0.372 e. The Kier molecular flexibility index (Phi) is 7.17. The van der Waals surface area contributed by atoms with Crippen LogP contribution in [0.4, 0.5) is 13.8 Å². The average molecular weight is 442 g/mol. The Bertz CT molecular complexity index is 1130. The van der Waals surface area contributed by atoms with Crippen LogP contribution in [-0.2, 0) is 6.54 Å². The first-order valence-corrected chi connectivity index (χ1v) is 10.7. The highest BCUT2D eigenvalue weighted by Crippen LogP contribution is 2.44. The van der Waals surface area contributed by atoms with Crippen LogP contribution >= 0.6 is 11.3 Å². The third-order valence-electron chi connectivity index (χ3n) is 5.03. The fraction of sp³-hybridized carbons (Fsp3) is 0.250. The number of aryl methyl sites for hydroxylation is 1. The van der Waals surface area contributed by atoms with Gasteiger partial charge in [-0.25, -0.2) is 8.78 Å². The molecule has 1 aliphatic carbocycles. The van der Waals surface area contributed by atoms with Crippen molar-refractivity contribution in [1.29, 1.82) is 0 Å². The minimum Gasteiger partial charge on any atom is -0.372 e. The summed E-state index contributed by atoms with van der Waals surface area (Å²) in [5.74, 6) is -1.49. The van der Waals surface area contributed by atoms with Crippen LogP contribution in [0.3, 0.4) is 0 Å². The van der Waals surface area contributed by atoms with E-state index in [-0.39, 0.29) is 17.5 Å². The Balaban J connectivity index is 0.00000132. The van der Waals surface area contributed by atoms with E-state index in [9.17, 15) is 13.6 Å². The zero-order valence-corrected chi connectivity index (χ0v) is 18.4. The van der Waals surface area contributed by atoms with Gasteiger partial charge >= 0.3 is 0 Å². The molecule has 3 aromatic rings. The molecule has 0 saturated heterocycles. The normalized spacial score (nSPS) is 17.6. The number of aliphatic imine (C=N–C) groups is 1. The van der Waals surface area contributed by atoms with Gasteiger partial charge in [-0.3, -0.25) is 9.79 Å². The number of nitrogens with zero attached hydrogens (tertiary/aromatic N) is 1. The molecule has 7 heteroatoms. The highest BCUT2D eigenvalue weighted by atomic mass is 32.1. The summed E-state index contributed by atoms with van der Waals surface area (Å²) >= 11 is 1.66. The van der Waals surface area contributed by atoms with Crippen molar-refractivity contribution in [2.75, 3.05) is 5.32 Å². The van der Waals surface area contributed by atoms with Crippen LogP contribution < -0.4 is 10.9 Å². The molecular formula is C24H25F2N3OS. The molecule has 0 bridgehead atoms. The van der Waals surface area contributed by atoms with Crippen LogP contribution in [0, 0.1) is 18.6 Å². The predicted octanol–water partition coefficient (Wildman–Crippen LogP) is 5.80. The number of rotatable bonds is 6. The lowest BCUT2D eigenvalue weighted by Crippen LogP contribution is -2.07. The van der Waals surface area contributed by atoms with E-state index < -0.39 is 11.6 Å². The molecule has 1 unspecified atom stereocenters. The fourth-order valence-corrected chi connectivity index (χ4v) is 4.35. The molecule has 2 heterocycles. The number of H-pyrrole nitrogens is 1. The molecule has 31 heavy (non-hydrogen) atoms. The minimum absolute atomic E-state index is 0.0899. The molecule has 4 rings (SSSR count). The van der Waals surface area contributed by atoms with Gasteiger partial charge < -0.3 is 10.3 Å². The van der Waals surface area contributed by atoms with Gasteiger partial charge in [0.1, 0.15) is 0 Å². The Morgan fingerprint density at radius 2 is 2.00 bits per heavy atom. The van der Waals surface area contributed by atoms with Crippen molar-refractivity contribution in [2.24, 2.45) is 4.99 Å². The summed E-state index contributed by atoms with van der Waals surface area (Å²) in [7, 11) is 0. The second kappa shape index (κ2) is 9.83. The van der Waals surface area contributed by atoms with Gasteiger partial charge in [0.2, 0.25) is 5.56 Å². The fourth-order valence-electron chi connectivity index (χ4n) is 3.39. The molecule has 0 spiro atoms. The number of thiophene rings is 1. The first-order chi connectivity index (χ1) is 14.9. The third kappa shape index (κ3) is 5.55. The maximum Gasteiger partial charge on any atom is 0.247 e.